The Hall–Kier alpha value is -2.48. The second kappa shape index (κ2) is 9.55. The third kappa shape index (κ3) is 5.16. The molecule has 1 N–H and O–H groups in total. The van der Waals surface area contributed by atoms with Gasteiger partial charge in [0.15, 0.2) is 0 Å². The zero-order valence-electron chi connectivity index (χ0n) is 16.1. The number of ether oxygens (including phenoxy) is 2. The maximum absolute atomic E-state index is 14.6. The van der Waals surface area contributed by atoms with Crippen molar-refractivity contribution in [2.75, 3.05) is 13.2 Å². The third-order valence-electron chi connectivity index (χ3n) is 4.74. The minimum absolute atomic E-state index is 0.0601. The van der Waals surface area contributed by atoms with Crippen LogP contribution in [0.1, 0.15) is 28.9 Å². The average molecular weight is 447 g/mol. The molecule has 1 atom stereocenters. The smallest absolute Gasteiger partial charge is 0.270 e. The van der Waals surface area contributed by atoms with Gasteiger partial charge in [-0.05, 0) is 42.7 Å². The van der Waals surface area contributed by atoms with Crippen LogP contribution in [0.15, 0.2) is 47.8 Å². The van der Waals surface area contributed by atoms with Crippen LogP contribution in [-0.4, -0.2) is 30.1 Å². The number of carbonyl (C=O) groups is 1. The van der Waals surface area contributed by atoms with Crippen molar-refractivity contribution in [1.82, 2.24) is 10.3 Å². The third-order valence-corrected chi connectivity index (χ3v) is 5.87. The Morgan fingerprint density at radius 2 is 2.13 bits per heavy atom. The number of hydrogen-bond donors (Lipinski definition) is 1. The lowest BCUT2D eigenvalue weighted by Gasteiger charge is -2.09. The zero-order chi connectivity index (χ0) is 20.9. The lowest BCUT2D eigenvalue weighted by molar-refractivity contribution is 0.0854. The predicted molar refractivity (Wildman–Crippen MR) is 115 cm³/mol. The van der Waals surface area contributed by atoms with Gasteiger partial charge in [0.05, 0.1) is 6.10 Å². The summed E-state index contributed by atoms with van der Waals surface area (Å²) < 4.78 is 25.8. The van der Waals surface area contributed by atoms with E-state index in [0.29, 0.717) is 34.5 Å². The molecule has 3 aromatic rings. The molecule has 1 saturated heterocycles. The van der Waals surface area contributed by atoms with E-state index in [-0.39, 0.29) is 17.7 Å². The second-order valence-electron chi connectivity index (χ2n) is 6.94. The highest BCUT2D eigenvalue weighted by molar-refractivity contribution is 7.13. The monoisotopic (exact) mass is 446 g/mol. The Labute approximate surface area is 182 Å². The minimum atomic E-state index is -0.454. The van der Waals surface area contributed by atoms with E-state index in [4.69, 9.17) is 21.1 Å². The molecule has 0 spiro atoms. The van der Waals surface area contributed by atoms with Gasteiger partial charge < -0.3 is 14.8 Å². The van der Waals surface area contributed by atoms with Crippen molar-refractivity contribution in [3.8, 4) is 16.3 Å². The highest BCUT2D eigenvalue weighted by Gasteiger charge is 2.19. The summed E-state index contributed by atoms with van der Waals surface area (Å²) in [5.74, 6) is -0.321. The van der Waals surface area contributed by atoms with Crippen molar-refractivity contribution in [1.29, 1.82) is 0 Å². The summed E-state index contributed by atoms with van der Waals surface area (Å²) in [7, 11) is 0. The van der Waals surface area contributed by atoms with Gasteiger partial charge in [0.1, 0.15) is 28.9 Å². The van der Waals surface area contributed by atoms with Gasteiger partial charge in [0.2, 0.25) is 0 Å². The number of thiazole rings is 1. The summed E-state index contributed by atoms with van der Waals surface area (Å²) in [5, 5.41) is 5.55. The number of hydrogen-bond acceptors (Lipinski definition) is 5. The Balaban J connectivity index is 1.38. The number of amides is 1. The number of rotatable bonds is 7. The van der Waals surface area contributed by atoms with Crippen LogP contribution >= 0.6 is 22.9 Å². The highest BCUT2D eigenvalue weighted by Crippen LogP contribution is 2.29. The molecule has 156 valence electrons. The van der Waals surface area contributed by atoms with Gasteiger partial charge in [-0.3, -0.25) is 4.79 Å². The molecule has 0 bridgehead atoms. The molecule has 0 radical (unpaired) electrons. The molecule has 2 aromatic carbocycles. The zero-order valence-corrected chi connectivity index (χ0v) is 17.6. The fourth-order valence-electron chi connectivity index (χ4n) is 3.11. The maximum atomic E-state index is 14.6. The number of halogens is 2. The molecule has 0 saturated carbocycles. The van der Waals surface area contributed by atoms with E-state index in [1.165, 1.54) is 17.4 Å². The van der Waals surface area contributed by atoms with Gasteiger partial charge in [0.25, 0.3) is 5.91 Å². The lowest BCUT2D eigenvalue weighted by atomic mass is 10.2. The Kier molecular flexibility index (Phi) is 6.62. The van der Waals surface area contributed by atoms with E-state index in [9.17, 15) is 9.18 Å². The molecule has 0 unspecified atom stereocenters. The quantitative estimate of drug-likeness (QED) is 0.549. The van der Waals surface area contributed by atoms with Crippen molar-refractivity contribution < 1.29 is 18.7 Å². The summed E-state index contributed by atoms with van der Waals surface area (Å²) in [6, 6.07) is 11.9. The van der Waals surface area contributed by atoms with E-state index in [1.54, 1.807) is 29.6 Å². The van der Waals surface area contributed by atoms with Crippen molar-refractivity contribution in [2.45, 2.75) is 25.6 Å². The van der Waals surface area contributed by atoms with Crippen LogP contribution in [0, 0.1) is 5.82 Å². The fourth-order valence-corrected chi connectivity index (χ4v) is 4.06. The van der Waals surface area contributed by atoms with Crippen LogP contribution in [0.2, 0.25) is 5.02 Å². The van der Waals surface area contributed by atoms with Crippen molar-refractivity contribution in [3.05, 3.63) is 69.9 Å². The lowest BCUT2D eigenvalue weighted by Crippen LogP contribution is -2.31. The normalized spacial score (nSPS) is 15.9. The summed E-state index contributed by atoms with van der Waals surface area (Å²) in [5.41, 5.74) is 1.54. The van der Waals surface area contributed by atoms with Gasteiger partial charge >= 0.3 is 0 Å². The van der Waals surface area contributed by atoms with E-state index in [1.807, 2.05) is 12.1 Å². The molecule has 1 fully saturated rings. The summed E-state index contributed by atoms with van der Waals surface area (Å²) in [6.07, 6.45) is 2.02. The van der Waals surface area contributed by atoms with Gasteiger partial charge in [-0.15, -0.1) is 11.3 Å². The second-order valence-corrected chi connectivity index (χ2v) is 8.23. The van der Waals surface area contributed by atoms with Crippen LogP contribution < -0.4 is 10.1 Å². The predicted octanol–water partition coefficient (Wildman–Crippen LogP) is 5.09. The molecule has 1 aliphatic rings. The Morgan fingerprint density at radius 1 is 1.30 bits per heavy atom. The molecule has 0 aliphatic carbocycles. The minimum Gasteiger partial charge on any atom is -0.489 e. The molecule has 30 heavy (non-hydrogen) atoms. The van der Waals surface area contributed by atoms with E-state index < -0.39 is 5.82 Å². The van der Waals surface area contributed by atoms with Crippen molar-refractivity contribution >= 4 is 28.8 Å². The first-order valence-electron chi connectivity index (χ1n) is 9.61. The van der Waals surface area contributed by atoms with Crippen molar-refractivity contribution in [2.24, 2.45) is 0 Å². The van der Waals surface area contributed by atoms with E-state index >= 15 is 0 Å². The summed E-state index contributed by atoms with van der Waals surface area (Å²) >= 11 is 7.09. The Bertz CT molecular complexity index is 1020. The topological polar surface area (TPSA) is 60.5 Å². The van der Waals surface area contributed by atoms with Gasteiger partial charge in [0, 0.05) is 35.2 Å². The largest absolute Gasteiger partial charge is 0.489 e. The first-order chi connectivity index (χ1) is 14.6. The summed E-state index contributed by atoms with van der Waals surface area (Å²) in [6.45, 7) is 1.50. The Morgan fingerprint density at radius 3 is 2.87 bits per heavy atom. The molecule has 1 aromatic heterocycles. The maximum Gasteiger partial charge on any atom is 0.270 e. The molecular weight excluding hydrogens is 427 g/mol. The van der Waals surface area contributed by atoms with Crippen LogP contribution in [0.5, 0.6) is 5.75 Å². The highest BCUT2D eigenvalue weighted by atomic mass is 35.5. The molecule has 1 amide bonds. The number of benzene rings is 2. The molecule has 2 heterocycles. The van der Waals surface area contributed by atoms with E-state index in [2.05, 4.69) is 10.3 Å². The SMILES string of the molecule is O=C(NC[C@H]1CCCO1)c1csc(-c2ccc(OCc3ccc(Cl)cc3)cc2F)n1. The van der Waals surface area contributed by atoms with Gasteiger partial charge in [-0.2, -0.15) is 0 Å². The fraction of sp³-hybridized carbons (Fsp3) is 0.273. The van der Waals surface area contributed by atoms with Crippen LogP contribution in [0.3, 0.4) is 0 Å². The van der Waals surface area contributed by atoms with E-state index in [0.717, 1.165) is 25.0 Å². The summed E-state index contributed by atoms with van der Waals surface area (Å²) in [4.78, 5) is 16.6. The van der Waals surface area contributed by atoms with Crippen LogP contribution in [0.25, 0.3) is 10.6 Å². The average Bonchev–Trinajstić information content (AvgIpc) is 3.44. The van der Waals surface area contributed by atoms with Crippen molar-refractivity contribution in [3.63, 3.8) is 0 Å². The van der Waals surface area contributed by atoms with Crippen LogP contribution in [-0.2, 0) is 11.3 Å². The van der Waals surface area contributed by atoms with Crippen LogP contribution in [0.4, 0.5) is 4.39 Å². The first-order valence-corrected chi connectivity index (χ1v) is 10.9. The molecule has 4 rings (SSSR count). The number of aromatic nitrogens is 1. The standard InChI is InChI=1S/C22H20ClFN2O3S/c23-15-5-3-14(4-6-15)12-29-16-7-8-18(19(24)10-16)22-26-20(13-30-22)21(27)25-11-17-2-1-9-28-17/h3-8,10,13,17H,1-2,9,11-12H2,(H,25,27)/t17-/m1/s1. The number of nitrogens with zero attached hydrogens (tertiary/aromatic N) is 1. The van der Waals surface area contributed by atoms with Gasteiger partial charge in [-0.1, -0.05) is 23.7 Å². The first kappa shape index (κ1) is 20.8. The molecule has 8 heteroatoms. The van der Waals surface area contributed by atoms with Gasteiger partial charge in [-0.25, -0.2) is 9.37 Å². The molecule has 1 aliphatic heterocycles. The number of carbonyl (C=O) groups excluding carboxylic acids is 1. The molecule has 5 nitrogen and oxygen atoms in total. The number of nitrogens with one attached hydrogen (secondary N) is 1. The molecular formula is C22H20ClFN2O3S.